The molecule has 1 aliphatic heterocycles. The fourth-order valence-electron chi connectivity index (χ4n) is 1.69. The van der Waals surface area contributed by atoms with Gasteiger partial charge in [-0.2, -0.15) is 0 Å². The summed E-state index contributed by atoms with van der Waals surface area (Å²) in [6, 6.07) is 0. The molecular formula is C10H17NO4. The van der Waals surface area contributed by atoms with Crippen LogP contribution in [0.25, 0.3) is 0 Å². The Balaban J connectivity index is 2.67. The van der Waals surface area contributed by atoms with E-state index in [9.17, 15) is 9.90 Å². The maximum atomic E-state index is 11.3. The Kier molecular flexibility index (Phi) is 3.82. The number of carbonyl (C=O) groups excluding carboxylic acids is 1. The third-order valence-electron chi connectivity index (χ3n) is 2.49. The second kappa shape index (κ2) is 4.72. The van der Waals surface area contributed by atoms with Gasteiger partial charge in [0.15, 0.2) is 0 Å². The average Bonchev–Trinajstić information content (AvgIpc) is 2.16. The van der Waals surface area contributed by atoms with Crippen molar-refractivity contribution in [2.75, 3.05) is 13.2 Å². The lowest BCUT2D eigenvalue weighted by atomic mass is 9.86. The Labute approximate surface area is 88.9 Å². The molecule has 0 aromatic rings. The molecule has 0 aliphatic carbocycles. The van der Waals surface area contributed by atoms with E-state index >= 15 is 0 Å². The highest BCUT2D eigenvalue weighted by molar-refractivity contribution is 6.38. The first-order valence-electron chi connectivity index (χ1n) is 5.09. The van der Waals surface area contributed by atoms with Gasteiger partial charge in [-0.25, -0.2) is 4.79 Å². The number of aliphatic hydroxyl groups is 1. The van der Waals surface area contributed by atoms with E-state index in [1.54, 1.807) is 6.92 Å². The molecule has 1 saturated heterocycles. The van der Waals surface area contributed by atoms with E-state index in [0.29, 0.717) is 6.61 Å². The van der Waals surface area contributed by atoms with E-state index in [1.807, 2.05) is 6.92 Å². The van der Waals surface area contributed by atoms with Gasteiger partial charge in [-0.3, -0.25) is 5.41 Å². The van der Waals surface area contributed by atoms with Crippen molar-refractivity contribution in [1.82, 2.24) is 0 Å². The smallest absolute Gasteiger partial charge is 0.355 e. The summed E-state index contributed by atoms with van der Waals surface area (Å²) in [5.74, 6) is -0.742. The van der Waals surface area contributed by atoms with E-state index in [-0.39, 0.29) is 31.3 Å². The minimum absolute atomic E-state index is 0.140. The van der Waals surface area contributed by atoms with Gasteiger partial charge in [-0.1, -0.05) is 0 Å². The van der Waals surface area contributed by atoms with Gasteiger partial charge in [0, 0.05) is 12.8 Å². The Morgan fingerprint density at radius 1 is 1.73 bits per heavy atom. The van der Waals surface area contributed by atoms with Gasteiger partial charge in [-0.05, 0) is 13.8 Å². The van der Waals surface area contributed by atoms with Crippen LogP contribution < -0.4 is 0 Å². The third-order valence-corrected chi connectivity index (χ3v) is 2.49. The van der Waals surface area contributed by atoms with Gasteiger partial charge in [0.1, 0.15) is 11.3 Å². The fourth-order valence-corrected chi connectivity index (χ4v) is 1.69. The van der Waals surface area contributed by atoms with Crippen LogP contribution in [0.5, 0.6) is 0 Å². The van der Waals surface area contributed by atoms with Crippen LogP contribution in [0.2, 0.25) is 0 Å². The molecule has 1 heterocycles. The standard InChI is InChI=1S/C10H17NO4/c1-3-14-9(12)8(11)10(13)4-5-15-7(2)6-10/h7,11,13H,3-6H2,1-2H3. The molecule has 2 atom stereocenters. The summed E-state index contributed by atoms with van der Waals surface area (Å²) >= 11 is 0. The molecule has 2 N–H and O–H groups in total. The molecule has 5 heteroatoms. The molecule has 15 heavy (non-hydrogen) atoms. The molecule has 0 aromatic heterocycles. The van der Waals surface area contributed by atoms with Gasteiger partial charge >= 0.3 is 5.97 Å². The quantitative estimate of drug-likeness (QED) is 0.530. The molecule has 5 nitrogen and oxygen atoms in total. The normalized spacial score (nSPS) is 31.0. The molecule has 0 radical (unpaired) electrons. The van der Waals surface area contributed by atoms with E-state index < -0.39 is 11.6 Å². The van der Waals surface area contributed by atoms with Crippen LogP contribution in [0.3, 0.4) is 0 Å². The summed E-state index contributed by atoms with van der Waals surface area (Å²) in [5.41, 5.74) is -1.75. The molecule has 1 fully saturated rings. The molecule has 86 valence electrons. The Bertz CT molecular complexity index is 266. The predicted octanol–water partition coefficient (Wildman–Crippen LogP) is 0.499. The summed E-state index contributed by atoms with van der Waals surface area (Å²) in [7, 11) is 0. The van der Waals surface area contributed by atoms with Crippen LogP contribution in [0.4, 0.5) is 0 Å². The topological polar surface area (TPSA) is 79.6 Å². The fraction of sp³-hybridized carbons (Fsp3) is 0.800. The summed E-state index contributed by atoms with van der Waals surface area (Å²) in [6.07, 6.45) is 0.401. The van der Waals surface area contributed by atoms with Crippen LogP contribution in [-0.4, -0.2) is 41.7 Å². The minimum atomic E-state index is -1.38. The van der Waals surface area contributed by atoms with Gasteiger partial charge in [0.2, 0.25) is 0 Å². The Hall–Kier alpha value is -0.940. The number of rotatable bonds is 3. The second-order valence-electron chi connectivity index (χ2n) is 3.76. The largest absolute Gasteiger partial charge is 0.461 e. The molecule has 0 saturated carbocycles. The van der Waals surface area contributed by atoms with Crippen molar-refractivity contribution in [3.05, 3.63) is 0 Å². The van der Waals surface area contributed by atoms with Crippen LogP contribution in [0.1, 0.15) is 26.7 Å². The van der Waals surface area contributed by atoms with E-state index in [1.165, 1.54) is 0 Å². The van der Waals surface area contributed by atoms with Crippen molar-refractivity contribution in [3.63, 3.8) is 0 Å². The summed E-state index contributed by atoms with van der Waals surface area (Å²) in [4.78, 5) is 11.3. The maximum absolute atomic E-state index is 11.3. The van der Waals surface area contributed by atoms with Crippen LogP contribution >= 0.6 is 0 Å². The maximum Gasteiger partial charge on any atom is 0.355 e. The SMILES string of the molecule is CCOC(=O)C(=N)C1(O)CCOC(C)C1. The zero-order chi connectivity index (χ0) is 11.5. The number of ether oxygens (including phenoxy) is 2. The van der Waals surface area contributed by atoms with E-state index in [0.717, 1.165) is 0 Å². The molecule has 0 bridgehead atoms. The lowest BCUT2D eigenvalue weighted by Crippen LogP contribution is -2.49. The number of hydrogen-bond acceptors (Lipinski definition) is 5. The highest BCUT2D eigenvalue weighted by Crippen LogP contribution is 2.26. The molecule has 0 aromatic carbocycles. The highest BCUT2D eigenvalue weighted by Gasteiger charge is 2.41. The monoisotopic (exact) mass is 215 g/mol. The van der Waals surface area contributed by atoms with Crippen LogP contribution in [-0.2, 0) is 14.3 Å². The molecule has 1 rings (SSSR count). The Morgan fingerprint density at radius 3 is 2.93 bits per heavy atom. The number of hydrogen-bond donors (Lipinski definition) is 2. The minimum Gasteiger partial charge on any atom is -0.461 e. The van der Waals surface area contributed by atoms with Gasteiger partial charge in [-0.15, -0.1) is 0 Å². The van der Waals surface area contributed by atoms with Crippen molar-refractivity contribution in [2.24, 2.45) is 0 Å². The number of carbonyl (C=O) groups is 1. The van der Waals surface area contributed by atoms with Gasteiger partial charge < -0.3 is 14.6 Å². The second-order valence-corrected chi connectivity index (χ2v) is 3.76. The van der Waals surface area contributed by atoms with E-state index in [4.69, 9.17) is 14.9 Å². The molecule has 0 amide bonds. The summed E-state index contributed by atoms with van der Waals surface area (Å²) in [6.45, 7) is 4.05. The van der Waals surface area contributed by atoms with Crippen molar-refractivity contribution >= 4 is 11.7 Å². The number of nitrogens with one attached hydrogen (secondary N) is 1. The third kappa shape index (κ3) is 2.76. The van der Waals surface area contributed by atoms with Gasteiger partial charge in [0.25, 0.3) is 0 Å². The zero-order valence-corrected chi connectivity index (χ0v) is 9.08. The zero-order valence-electron chi connectivity index (χ0n) is 9.08. The van der Waals surface area contributed by atoms with Crippen molar-refractivity contribution < 1.29 is 19.4 Å². The lowest BCUT2D eigenvalue weighted by molar-refractivity contribution is -0.137. The first-order valence-corrected chi connectivity index (χ1v) is 5.09. The predicted molar refractivity (Wildman–Crippen MR) is 54.0 cm³/mol. The first-order chi connectivity index (χ1) is 6.99. The lowest BCUT2D eigenvalue weighted by Gasteiger charge is -2.34. The van der Waals surface area contributed by atoms with Gasteiger partial charge in [0.05, 0.1) is 19.3 Å². The summed E-state index contributed by atoms with van der Waals surface area (Å²) in [5, 5.41) is 17.7. The highest BCUT2D eigenvalue weighted by atomic mass is 16.5. The Morgan fingerprint density at radius 2 is 2.40 bits per heavy atom. The molecule has 1 aliphatic rings. The van der Waals surface area contributed by atoms with Crippen molar-refractivity contribution in [3.8, 4) is 0 Å². The average molecular weight is 215 g/mol. The van der Waals surface area contributed by atoms with Crippen molar-refractivity contribution in [2.45, 2.75) is 38.4 Å². The van der Waals surface area contributed by atoms with Crippen LogP contribution in [0.15, 0.2) is 0 Å². The molecular weight excluding hydrogens is 198 g/mol. The van der Waals surface area contributed by atoms with Crippen molar-refractivity contribution in [1.29, 1.82) is 5.41 Å². The molecule has 0 spiro atoms. The number of esters is 1. The summed E-state index contributed by atoms with van der Waals surface area (Å²) < 4.78 is 9.95. The van der Waals surface area contributed by atoms with Crippen LogP contribution in [0, 0.1) is 5.41 Å². The molecule has 2 unspecified atom stereocenters. The van der Waals surface area contributed by atoms with E-state index in [2.05, 4.69) is 0 Å². The first kappa shape index (κ1) is 12.1.